The number of carbonyl (C=O) groups excluding carboxylic acids is 2. The van der Waals surface area contributed by atoms with Crippen LogP contribution in [0, 0.1) is 0 Å². The van der Waals surface area contributed by atoms with Crippen LogP contribution in [0.4, 0.5) is 24.5 Å². The molecule has 1 atom stereocenters. The van der Waals surface area contributed by atoms with E-state index >= 15 is 0 Å². The summed E-state index contributed by atoms with van der Waals surface area (Å²) in [6.45, 7) is 1.70. The van der Waals surface area contributed by atoms with Crippen molar-refractivity contribution in [3.63, 3.8) is 0 Å². The van der Waals surface area contributed by atoms with E-state index in [2.05, 4.69) is 4.74 Å². The van der Waals surface area contributed by atoms with Gasteiger partial charge in [-0.05, 0) is 12.1 Å². The number of thioether (sulfide) groups is 1. The Morgan fingerprint density at radius 2 is 2.14 bits per heavy atom. The molecule has 0 spiro atoms. The van der Waals surface area contributed by atoms with Gasteiger partial charge in [0.1, 0.15) is 5.75 Å². The fraction of sp³-hybridized carbons (Fsp3) is 0.385. The van der Waals surface area contributed by atoms with Crippen LogP contribution in [-0.4, -0.2) is 29.2 Å². The van der Waals surface area contributed by atoms with E-state index in [1.54, 1.807) is 0 Å². The van der Waals surface area contributed by atoms with Gasteiger partial charge in [0.05, 0.1) is 11.4 Å². The summed E-state index contributed by atoms with van der Waals surface area (Å²) in [6, 6.07) is 3.41. The van der Waals surface area contributed by atoms with Crippen molar-refractivity contribution in [1.29, 1.82) is 0 Å². The molecule has 1 saturated heterocycles. The van der Waals surface area contributed by atoms with Gasteiger partial charge in [0.2, 0.25) is 5.91 Å². The van der Waals surface area contributed by atoms with Gasteiger partial charge in [-0.15, -0.1) is 13.2 Å². The van der Waals surface area contributed by atoms with Crippen LogP contribution in [0.3, 0.4) is 0 Å². The van der Waals surface area contributed by atoms with Gasteiger partial charge in [0.25, 0.3) is 0 Å². The zero-order chi connectivity index (χ0) is 16.5. The van der Waals surface area contributed by atoms with Crippen LogP contribution in [0.25, 0.3) is 0 Å². The second kappa shape index (κ2) is 6.07. The number of nitrogens with zero attached hydrogens (tertiary/aromatic N) is 1. The molecule has 1 fully saturated rings. The number of anilines is 2. The minimum absolute atomic E-state index is 0.00331. The van der Waals surface area contributed by atoms with E-state index < -0.39 is 12.1 Å². The molecular formula is C13H13F3N2O3S. The van der Waals surface area contributed by atoms with E-state index in [4.69, 9.17) is 5.73 Å². The van der Waals surface area contributed by atoms with Crippen molar-refractivity contribution in [3.8, 4) is 5.75 Å². The zero-order valence-corrected chi connectivity index (χ0v) is 12.3. The maximum Gasteiger partial charge on any atom is 0.573 e. The van der Waals surface area contributed by atoms with Crippen molar-refractivity contribution in [2.75, 3.05) is 17.2 Å². The molecule has 5 nitrogen and oxygen atoms in total. The van der Waals surface area contributed by atoms with Crippen LogP contribution < -0.4 is 15.4 Å². The third kappa shape index (κ3) is 4.06. The fourth-order valence-electron chi connectivity index (χ4n) is 2.20. The van der Waals surface area contributed by atoms with Crippen LogP contribution in [0.5, 0.6) is 5.75 Å². The smallest absolute Gasteiger partial charge is 0.406 e. The van der Waals surface area contributed by atoms with E-state index in [9.17, 15) is 22.8 Å². The summed E-state index contributed by atoms with van der Waals surface area (Å²) in [5, 5.41) is -0.281. The molecule has 120 valence electrons. The minimum Gasteiger partial charge on any atom is -0.406 e. The lowest BCUT2D eigenvalue weighted by molar-refractivity contribution is -0.274. The first-order valence-electron chi connectivity index (χ1n) is 6.28. The molecule has 0 radical (unpaired) electrons. The average Bonchev–Trinajstić information content (AvgIpc) is 2.67. The number of carbonyl (C=O) groups is 2. The highest BCUT2D eigenvalue weighted by Gasteiger charge is 2.34. The summed E-state index contributed by atoms with van der Waals surface area (Å²) < 4.78 is 40.2. The maximum absolute atomic E-state index is 12.1. The summed E-state index contributed by atoms with van der Waals surface area (Å²) in [5.41, 5.74) is 6.03. The Labute approximate surface area is 128 Å². The first-order chi connectivity index (χ1) is 10.2. The number of alkyl halides is 3. The lowest BCUT2D eigenvalue weighted by Gasteiger charge is -2.19. The van der Waals surface area contributed by atoms with Gasteiger partial charge in [0, 0.05) is 31.2 Å². The lowest BCUT2D eigenvalue weighted by atomic mass is 10.2. The SMILES string of the molecule is CC(=O)SC1CC(=O)N(c2ccc(OC(F)(F)F)cc2N)C1. The molecule has 0 saturated carbocycles. The number of nitrogen functional groups attached to an aromatic ring is 1. The number of benzene rings is 1. The van der Waals surface area contributed by atoms with Gasteiger partial charge >= 0.3 is 6.36 Å². The zero-order valence-electron chi connectivity index (χ0n) is 11.5. The number of hydrogen-bond donors (Lipinski definition) is 1. The standard InChI is InChI=1S/C13H13F3N2O3S/c1-7(19)22-9-5-12(20)18(6-9)11-3-2-8(4-10(11)17)21-13(14,15)16/h2-4,9H,5-6,17H2,1H3. The molecule has 1 heterocycles. The molecule has 2 rings (SSSR count). The van der Waals surface area contributed by atoms with Crippen molar-refractivity contribution in [2.24, 2.45) is 0 Å². The molecular weight excluding hydrogens is 321 g/mol. The first-order valence-corrected chi connectivity index (χ1v) is 7.16. The summed E-state index contributed by atoms with van der Waals surface area (Å²) in [6.07, 6.45) is -4.62. The van der Waals surface area contributed by atoms with Crippen LogP contribution in [-0.2, 0) is 9.59 Å². The second-order valence-electron chi connectivity index (χ2n) is 4.71. The quantitative estimate of drug-likeness (QED) is 0.860. The topological polar surface area (TPSA) is 72.6 Å². The number of hydrogen-bond acceptors (Lipinski definition) is 5. The second-order valence-corrected chi connectivity index (χ2v) is 6.19. The van der Waals surface area contributed by atoms with Gasteiger partial charge in [0.15, 0.2) is 5.12 Å². The number of rotatable bonds is 3. The molecule has 9 heteroatoms. The summed E-state index contributed by atoms with van der Waals surface area (Å²) in [5.74, 6) is -0.676. The van der Waals surface area contributed by atoms with Crippen LogP contribution >= 0.6 is 11.8 Å². The highest BCUT2D eigenvalue weighted by atomic mass is 32.2. The first kappa shape index (κ1) is 16.5. The van der Waals surface area contributed by atoms with E-state index in [0.717, 1.165) is 23.9 Å². The molecule has 0 bridgehead atoms. The summed E-state index contributed by atoms with van der Waals surface area (Å²) in [4.78, 5) is 24.4. The highest BCUT2D eigenvalue weighted by Crippen LogP contribution is 2.35. The van der Waals surface area contributed by atoms with E-state index in [0.29, 0.717) is 5.69 Å². The minimum atomic E-state index is -4.80. The number of amides is 1. The van der Waals surface area contributed by atoms with Crippen molar-refractivity contribution in [2.45, 2.75) is 25.0 Å². The Hall–Kier alpha value is -1.90. The molecule has 0 aliphatic carbocycles. The van der Waals surface area contributed by atoms with Crippen molar-refractivity contribution in [3.05, 3.63) is 18.2 Å². The van der Waals surface area contributed by atoms with Crippen molar-refractivity contribution in [1.82, 2.24) is 0 Å². The van der Waals surface area contributed by atoms with E-state index in [1.165, 1.54) is 17.9 Å². The van der Waals surface area contributed by atoms with Crippen LogP contribution in [0.2, 0.25) is 0 Å². The molecule has 2 N–H and O–H groups in total. The number of ether oxygens (including phenoxy) is 1. The van der Waals surface area contributed by atoms with Gasteiger partial charge in [-0.1, -0.05) is 11.8 Å². The Morgan fingerprint density at radius 3 is 2.68 bits per heavy atom. The predicted molar refractivity (Wildman–Crippen MR) is 76.6 cm³/mol. The number of halogens is 3. The third-order valence-corrected chi connectivity index (χ3v) is 3.93. The molecule has 1 aliphatic rings. The van der Waals surface area contributed by atoms with Crippen LogP contribution in [0.15, 0.2) is 18.2 Å². The Bertz CT molecular complexity index is 607. The van der Waals surface area contributed by atoms with Gasteiger partial charge in [-0.2, -0.15) is 0 Å². The Balaban J connectivity index is 2.16. The van der Waals surface area contributed by atoms with Crippen LogP contribution in [0.1, 0.15) is 13.3 Å². The summed E-state index contributed by atoms with van der Waals surface area (Å²) in [7, 11) is 0. The van der Waals surface area contributed by atoms with E-state index in [1.807, 2.05) is 0 Å². The maximum atomic E-state index is 12.1. The highest BCUT2D eigenvalue weighted by molar-refractivity contribution is 8.14. The molecule has 1 aromatic rings. The lowest BCUT2D eigenvalue weighted by Crippen LogP contribution is -2.26. The average molecular weight is 334 g/mol. The normalized spacial score (nSPS) is 18.6. The Kier molecular flexibility index (Phi) is 4.55. The summed E-state index contributed by atoms with van der Waals surface area (Å²) >= 11 is 1.07. The Morgan fingerprint density at radius 1 is 1.45 bits per heavy atom. The molecule has 1 aliphatic heterocycles. The van der Waals surface area contributed by atoms with E-state index in [-0.39, 0.29) is 34.9 Å². The molecule has 0 aromatic heterocycles. The monoisotopic (exact) mass is 334 g/mol. The van der Waals surface area contributed by atoms with Crippen molar-refractivity contribution < 1.29 is 27.5 Å². The molecule has 1 amide bonds. The molecule has 1 unspecified atom stereocenters. The van der Waals surface area contributed by atoms with Crippen molar-refractivity contribution >= 4 is 34.2 Å². The van der Waals surface area contributed by atoms with Gasteiger partial charge in [-0.25, -0.2) is 0 Å². The third-order valence-electron chi connectivity index (χ3n) is 2.95. The predicted octanol–water partition coefficient (Wildman–Crippen LogP) is 2.55. The number of nitrogens with two attached hydrogens (primary N) is 1. The molecule has 1 aromatic carbocycles. The van der Waals surface area contributed by atoms with Gasteiger partial charge < -0.3 is 15.4 Å². The largest absolute Gasteiger partial charge is 0.573 e. The molecule has 22 heavy (non-hydrogen) atoms. The fourth-order valence-corrected chi connectivity index (χ4v) is 3.12. The van der Waals surface area contributed by atoms with Gasteiger partial charge in [-0.3, -0.25) is 9.59 Å².